The Bertz CT molecular complexity index is 579. The molecule has 0 radical (unpaired) electrons. The second-order valence-corrected chi connectivity index (χ2v) is 6.55. The summed E-state index contributed by atoms with van der Waals surface area (Å²) in [7, 11) is 1.77. The van der Waals surface area contributed by atoms with Crippen molar-refractivity contribution in [2.45, 2.75) is 13.0 Å². The average Bonchev–Trinajstić information content (AvgIpc) is 3.06. The van der Waals surface area contributed by atoms with Crippen LogP contribution >= 0.6 is 11.3 Å². The summed E-state index contributed by atoms with van der Waals surface area (Å²) >= 11 is 1.74. The average molecular weight is 317 g/mol. The molecule has 1 aromatic carbocycles. The van der Waals surface area contributed by atoms with Crippen molar-refractivity contribution in [3.63, 3.8) is 0 Å². The highest BCUT2D eigenvalue weighted by molar-refractivity contribution is 7.14. The van der Waals surface area contributed by atoms with E-state index >= 15 is 0 Å². The number of nitrogens with zero attached hydrogens (tertiary/aromatic N) is 3. The molecule has 3 rings (SSSR count). The Hall–Kier alpha value is -1.43. The molecule has 0 spiro atoms. The molecular formula is C17H23N3OS. The molecule has 5 heteroatoms. The van der Waals surface area contributed by atoms with E-state index in [1.54, 1.807) is 18.4 Å². The summed E-state index contributed by atoms with van der Waals surface area (Å²) in [5.41, 5.74) is 2.27. The maximum Gasteiger partial charge on any atom is 0.185 e. The van der Waals surface area contributed by atoms with Crippen molar-refractivity contribution in [2.75, 3.05) is 44.8 Å². The van der Waals surface area contributed by atoms with Crippen LogP contribution in [0.15, 0.2) is 35.7 Å². The summed E-state index contributed by atoms with van der Waals surface area (Å²) in [6.07, 6.45) is 0. The van der Waals surface area contributed by atoms with Gasteiger partial charge in [-0.15, -0.1) is 11.3 Å². The SMILES string of the molecule is COCC(C)N1CCN(c2nc(-c3ccccc3)cs2)CC1. The fraction of sp³-hybridized carbons (Fsp3) is 0.471. The summed E-state index contributed by atoms with van der Waals surface area (Å²) in [5.74, 6) is 0. The third-order valence-corrected chi connectivity index (χ3v) is 5.08. The zero-order chi connectivity index (χ0) is 15.4. The van der Waals surface area contributed by atoms with Gasteiger partial charge in [0.25, 0.3) is 0 Å². The number of thiazole rings is 1. The summed E-state index contributed by atoms with van der Waals surface area (Å²) < 4.78 is 5.26. The number of piperazine rings is 1. The third-order valence-electron chi connectivity index (χ3n) is 4.18. The summed E-state index contributed by atoms with van der Waals surface area (Å²) in [5, 5.41) is 3.29. The third kappa shape index (κ3) is 3.48. The lowest BCUT2D eigenvalue weighted by Crippen LogP contribution is -2.50. The zero-order valence-corrected chi connectivity index (χ0v) is 14.1. The molecule has 0 bridgehead atoms. The molecule has 1 unspecified atom stereocenters. The summed E-state index contributed by atoms with van der Waals surface area (Å²) in [6.45, 7) is 7.26. The van der Waals surface area contributed by atoms with Gasteiger partial charge in [0.2, 0.25) is 0 Å². The van der Waals surface area contributed by atoms with Crippen molar-refractivity contribution in [3.05, 3.63) is 35.7 Å². The maximum atomic E-state index is 5.26. The fourth-order valence-corrected chi connectivity index (χ4v) is 3.74. The Balaban J connectivity index is 1.61. The largest absolute Gasteiger partial charge is 0.383 e. The molecule has 0 aliphatic carbocycles. The zero-order valence-electron chi connectivity index (χ0n) is 13.2. The topological polar surface area (TPSA) is 28.6 Å². The molecule has 22 heavy (non-hydrogen) atoms. The molecule has 2 aromatic rings. The van der Waals surface area contributed by atoms with Crippen molar-refractivity contribution in [2.24, 2.45) is 0 Å². The van der Waals surface area contributed by atoms with Gasteiger partial charge in [-0.2, -0.15) is 0 Å². The molecule has 4 nitrogen and oxygen atoms in total. The molecule has 0 amide bonds. The van der Waals surface area contributed by atoms with Crippen LogP contribution in [0.4, 0.5) is 5.13 Å². The Morgan fingerprint density at radius 1 is 1.18 bits per heavy atom. The number of hydrogen-bond acceptors (Lipinski definition) is 5. The van der Waals surface area contributed by atoms with Gasteiger partial charge in [-0.25, -0.2) is 4.98 Å². The molecule has 1 atom stereocenters. The Kier molecular flexibility index (Phi) is 5.08. The van der Waals surface area contributed by atoms with Crippen molar-refractivity contribution in [1.29, 1.82) is 0 Å². The number of aromatic nitrogens is 1. The van der Waals surface area contributed by atoms with E-state index in [-0.39, 0.29) is 0 Å². The van der Waals surface area contributed by atoms with Crippen LogP contribution in [0.25, 0.3) is 11.3 Å². The first-order valence-corrected chi connectivity index (χ1v) is 8.65. The van der Waals surface area contributed by atoms with Crippen LogP contribution in [0.5, 0.6) is 0 Å². The Labute approximate surface area is 136 Å². The highest BCUT2D eigenvalue weighted by Gasteiger charge is 2.22. The second-order valence-electron chi connectivity index (χ2n) is 5.71. The Morgan fingerprint density at radius 3 is 2.59 bits per heavy atom. The van der Waals surface area contributed by atoms with Gasteiger partial charge in [0.1, 0.15) is 0 Å². The standard InChI is InChI=1S/C17H23N3OS/c1-14(12-21-2)19-8-10-20(11-9-19)17-18-16(13-22-17)15-6-4-3-5-7-15/h3-7,13-14H,8-12H2,1-2H3. The van der Waals surface area contributed by atoms with E-state index in [0.29, 0.717) is 6.04 Å². The van der Waals surface area contributed by atoms with Gasteiger partial charge in [0, 0.05) is 50.3 Å². The minimum Gasteiger partial charge on any atom is -0.383 e. The minimum absolute atomic E-state index is 0.489. The van der Waals surface area contributed by atoms with Crippen LogP contribution in [0.2, 0.25) is 0 Å². The van der Waals surface area contributed by atoms with E-state index in [1.165, 1.54) is 5.56 Å². The van der Waals surface area contributed by atoms with Gasteiger partial charge >= 0.3 is 0 Å². The summed E-state index contributed by atoms with van der Waals surface area (Å²) in [4.78, 5) is 9.70. The highest BCUT2D eigenvalue weighted by atomic mass is 32.1. The smallest absolute Gasteiger partial charge is 0.185 e. The van der Waals surface area contributed by atoms with Crippen molar-refractivity contribution >= 4 is 16.5 Å². The number of ether oxygens (including phenoxy) is 1. The molecule has 1 aliphatic rings. The van der Waals surface area contributed by atoms with Crippen molar-refractivity contribution in [1.82, 2.24) is 9.88 Å². The molecule has 0 saturated carbocycles. The molecule has 1 fully saturated rings. The predicted octanol–water partition coefficient (Wildman–Crippen LogP) is 2.97. The number of rotatable bonds is 5. The summed E-state index contributed by atoms with van der Waals surface area (Å²) in [6, 6.07) is 10.9. The first-order valence-electron chi connectivity index (χ1n) is 7.77. The number of anilines is 1. The van der Waals surface area contributed by atoms with E-state index < -0.39 is 0 Å². The quantitative estimate of drug-likeness (QED) is 0.848. The van der Waals surface area contributed by atoms with Crippen LogP contribution in [0.3, 0.4) is 0 Å². The van der Waals surface area contributed by atoms with E-state index in [1.807, 2.05) is 6.07 Å². The van der Waals surface area contributed by atoms with Crippen LogP contribution < -0.4 is 4.90 Å². The van der Waals surface area contributed by atoms with Gasteiger partial charge in [0.05, 0.1) is 12.3 Å². The van der Waals surface area contributed by atoms with Crippen LogP contribution in [-0.4, -0.2) is 55.8 Å². The van der Waals surface area contributed by atoms with Gasteiger partial charge in [-0.05, 0) is 6.92 Å². The molecular weight excluding hydrogens is 294 g/mol. The van der Waals surface area contributed by atoms with Crippen molar-refractivity contribution in [3.8, 4) is 11.3 Å². The fourth-order valence-electron chi connectivity index (χ4n) is 2.85. The van der Waals surface area contributed by atoms with E-state index in [4.69, 9.17) is 9.72 Å². The van der Waals surface area contributed by atoms with Gasteiger partial charge in [-0.1, -0.05) is 30.3 Å². The lowest BCUT2D eigenvalue weighted by molar-refractivity contribution is 0.0953. The first-order chi connectivity index (χ1) is 10.8. The monoisotopic (exact) mass is 317 g/mol. The molecule has 0 N–H and O–H groups in total. The van der Waals surface area contributed by atoms with Crippen LogP contribution in [-0.2, 0) is 4.74 Å². The van der Waals surface area contributed by atoms with Crippen molar-refractivity contribution < 1.29 is 4.74 Å². The maximum absolute atomic E-state index is 5.26. The molecule has 2 heterocycles. The highest BCUT2D eigenvalue weighted by Crippen LogP contribution is 2.28. The molecule has 1 saturated heterocycles. The number of hydrogen-bond donors (Lipinski definition) is 0. The Morgan fingerprint density at radius 2 is 1.91 bits per heavy atom. The second kappa shape index (κ2) is 7.22. The normalized spacial score (nSPS) is 17.6. The number of benzene rings is 1. The minimum atomic E-state index is 0.489. The molecule has 1 aromatic heterocycles. The molecule has 118 valence electrons. The van der Waals surface area contributed by atoms with Crippen LogP contribution in [0, 0.1) is 0 Å². The van der Waals surface area contributed by atoms with Crippen LogP contribution in [0.1, 0.15) is 6.92 Å². The molecule has 1 aliphatic heterocycles. The van der Waals surface area contributed by atoms with E-state index in [0.717, 1.165) is 43.6 Å². The van der Waals surface area contributed by atoms with Gasteiger partial charge in [-0.3, -0.25) is 4.90 Å². The van der Waals surface area contributed by atoms with Gasteiger partial charge in [0.15, 0.2) is 5.13 Å². The lowest BCUT2D eigenvalue weighted by Gasteiger charge is -2.37. The van der Waals surface area contributed by atoms with E-state index in [2.05, 4.69) is 46.4 Å². The van der Waals surface area contributed by atoms with E-state index in [9.17, 15) is 0 Å². The predicted molar refractivity (Wildman–Crippen MR) is 92.7 cm³/mol. The number of methoxy groups -OCH3 is 1. The first kappa shape index (κ1) is 15.5. The lowest BCUT2D eigenvalue weighted by atomic mass is 10.2. The van der Waals surface area contributed by atoms with Gasteiger partial charge < -0.3 is 9.64 Å².